The third kappa shape index (κ3) is 3.66. The second kappa shape index (κ2) is 6.98. The molecule has 1 atom stereocenters. The van der Waals surface area contributed by atoms with Crippen molar-refractivity contribution in [2.24, 2.45) is 0 Å². The second-order valence-corrected chi connectivity index (χ2v) is 5.79. The van der Waals surface area contributed by atoms with E-state index in [0.717, 1.165) is 0 Å². The Kier molecular flexibility index (Phi) is 4.76. The zero-order valence-electron chi connectivity index (χ0n) is 13.2. The summed E-state index contributed by atoms with van der Waals surface area (Å²) in [6.45, 7) is 2.39. The number of halogens is 1. The van der Waals surface area contributed by atoms with Crippen molar-refractivity contribution in [2.45, 2.75) is 13.0 Å². The van der Waals surface area contributed by atoms with Gasteiger partial charge in [0.05, 0.1) is 15.5 Å². The van der Waals surface area contributed by atoms with E-state index in [2.05, 4.69) is 0 Å². The van der Waals surface area contributed by atoms with Crippen LogP contribution in [0.2, 0.25) is 5.02 Å². The zero-order valence-corrected chi connectivity index (χ0v) is 14.0. The summed E-state index contributed by atoms with van der Waals surface area (Å²) in [5.41, 5.74) is 0.667. The summed E-state index contributed by atoms with van der Waals surface area (Å²) in [5.74, 6) is 0.169. The van der Waals surface area contributed by atoms with E-state index in [1.165, 1.54) is 24.3 Å². The van der Waals surface area contributed by atoms with Crippen LogP contribution < -0.4 is 9.47 Å². The Morgan fingerprint density at radius 2 is 2.04 bits per heavy atom. The third-order valence-electron chi connectivity index (χ3n) is 3.67. The van der Waals surface area contributed by atoms with Gasteiger partial charge in [0, 0.05) is 12.1 Å². The number of carbonyl (C=O) groups is 1. The third-order valence-corrected chi connectivity index (χ3v) is 3.95. The van der Waals surface area contributed by atoms with E-state index in [9.17, 15) is 14.9 Å². The molecule has 3 rings (SSSR count). The van der Waals surface area contributed by atoms with Gasteiger partial charge in [0.15, 0.2) is 11.5 Å². The molecule has 0 fully saturated rings. The van der Waals surface area contributed by atoms with Crippen LogP contribution in [-0.2, 0) is 4.74 Å². The van der Waals surface area contributed by atoms with E-state index in [1.54, 1.807) is 19.1 Å². The molecule has 130 valence electrons. The quantitative estimate of drug-likeness (QED) is 0.464. The second-order valence-electron chi connectivity index (χ2n) is 5.38. The normalized spacial score (nSPS) is 13.8. The molecule has 0 spiro atoms. The number of rotatable bonds is 4. The standard InChI is InChI=1S/C17H14ClNO6/c1-10(11-3-2-4-13(7-11)19(21)22)25-17(20)12-8-14(18)16-15(9-12)23-5-6-24-16/h2-4,7-10H,5-6H2,1H3/t10-/m1/s1. The molecular weight excluding hydrogens is 350 g/mol. The Labute approximate surface area is 148 Å². The predicted molar refractivity (Wildman–Crippen MR) is 89.4 cm³/mol. The van der Waals surface area contributed by atoms with Gasteiger partial charge >= 0.3 is 5.97 Å². The number of carbonyl (C=O) groups excluding carboxylic acids is 1. The maximum absolute atomic E-state index is 12.4. The van der Waals surface area contributed by atoms with Crippen LogP contribution in [0.15, 0.2) is 36.4 Å². The lowest BCUT2D eigenvalue weighted by Crippen LogP contribution is -2.17. The summed E-state index contributed by atoms with van der Waals surface area (Å²) in [7, 11) is 0. The molecule has 8 heteroatoms. The molecule has 1 aliphatic rings. The van der Waals surface area contributed by atoms with Gasteiger partial charge in [-0.05, 0) is 24.6 Å². The highest BCUT2D eigenvalue weighted by molar-refractivity contribution is 6.32. The lowest BCUT2D eigenvalue weighted by molar-refractivity contribution is -0.385. The topological polar surface area (TPSA) is 87.9 Å². The molecule has 0 saturated carbocycles. The van der Waals surface area contributed by atoms with Crippen LogP contribution in [0.1, 0.15) is 28.9 Å². The van der Waals surface area contributed by atoms with Crippen LogP contribution in [0.5, 0.6) is 11.5 Å². The number of esters is 1. The van der Waals surface area contributed by atoms with Gasteiger partial charge in [-0.25, -0.2) is 4.79 Å². The van der Waals surface area contributed by atoms with Crippen LogP contribution in [0.4, 0.5) is 5.69 Å². The van der Waals surface area contributed by atoms with Crippen LogP contribution in [-0.4, -0.2) is 24.1 Å². The number of non-ortho nitro benzene ring substituents is 1. The molecule has 0 bridgehead atoms. The fourth-order valence-corrected chi connectivity index (χ4v) is 2.68. The molecule has 25 heavy (non-hydrogen) atoms. The monoisotopic (exact) mass is 363 g/mol. The first kappa shape index (κ1) is 17.0. The summed E-state index contributed by atoms with van der Waals surface area (Å²) in [6.07, 6.45) is -0.667. The minimum absolute atomic E-state index is 0.0669. The molecule has 7 nitrogen and oxygen atoms in total. The van der Waals surface area contributed by atoms with Gasteiger partial charge in [-0.3, -0.25) is 10.1 Å². The molecule has 1 heterocycles. The molecular formula is C17H14ClNO6. The maximum atomic E-state index is 12.4. The average Bonchev–Trinajstić information content (AvgIpc) is 2.61. The fourth-order valence-electron chi connectivity index (χ4n) is 2.42. The smallest absolute Gasteiger partial charge is 0.338 e. The van der Waals surface area contributed by atoms with E-state index < -0.39 is 17.0 Å². The van der Waals surface area contributed by atoms with E-state index in [4.69, 9.17) is 25.8 Å². The number of nitro groups is 1. The van der Waals surface area contributed by atoms with E-state index >= 15 is 0 Å². The average molecular weight is 364 g/mol. The van der Waals surface area contributed by atoms with Gasteiger partial charge in [-0.15, -0.1) is 0 Å². The van der Waals surface area contributed by atoms with E-state index in [1.807, 2.05) is 0 Å². The lowest BCUT2D eigenvalue weighted by atomic mass is 10.1. The van der Waals surface area contributed by atoms with Crippen LogP contribution >= 0.6 is 11.6 Å². The van der Waals surface area contributed by atoms with Crippen molar-refractivity contribution < 1.29 is 23.9 Å². The lowest BCUT2D eigenvalue weighted by Gasteiger charge is -2.20. The van der Waals surface area contributed by atoms with Crippen molar-refractivity contribution in [3.63, 3.8) is 0 Å². The SMILES string of the molecule is C[C@@H](OC(=O)c1cc(Cl)c2c(c1)OCCO2)c1cccc([N+](=O)[O-])c1. The molecule has 0 amide bonds. The minimum atomic E-state index is -0.667. The Bertz CT molecular complexity index is 838. The fraction of sp³-hybridized carbons (Fsp3) is 0.235. The highest BCUT2D eigenvalue weighted by Crippen LogP contribution is 2.38. The number of hydrogen-bond donors (Lipinski definition) is 0. The number of ether oxygens (including phenoxy) is 3. The first-order valence-corrected chi connectivity index (χ1v) is 7.88. The van der Waals surface area contributed by atoms with Crippen LogP contribution in [0.3, 0.4) is 0 Å². The van der Waals surface area contributed by atoms with Gasteiger partial charge in [0.1, 0.15) is 19.3 Å². The largest absolute Gasteiger partial charge is 0.486 e. The maximum Gasteiger partial charge on any atom is 0.338 e. The molecule has 0 aromatic heterocycles. The van der Waals surface area contributed by atoms with Crippen molar-refractivity contribution in [3.05, 3.63) is 62.7 Å². The molecule has 0 radical (unpaired) electrons. The van der Waals surface area contributed by atoms with Gasteiger partial charge in [-0.2, -0.15) is 0 Å². The summed E-state index contributed by atoms with van der Waals surface area (Å²) in [6, 6.07) is 8.88. The Balaban J connectivity index is 1.79. The van der Waals surface area contributed by atoms with Gasteiger partial charge in [0.25, 0.3) is 5.69 Å². The van der Waals surface area contributed by atoms with Crippen LogP contribution in [0, 0.1) is 10.1 Å². The molecule has 0 aliphatic carbocycles. The summed E-state index contributed by atoms with van der Waals surface area (Å²) in [5, 5.41) is 11.1. The summed E-state index contributed by atoms with van der Waals surface area (Å²) < 4.78 is 16.2. The molecule has 2 aromatic carbocycles. The van der Waals surface area contributed by atoms with Crippen molar-refractivity contribution in [2.75, 3.05) is 13.2 Å². The number of nitro benzene ring substituents is 1. The van der Waals surface area contributed by atoms with E-state index in [-0.39, 0.29) is 16.3 Å². The summed E-state index contributed by atoms with van der Waals surface area (Å²) >= 11 is 6.11. The van der Waals surface area contributed by atoms with Crippen molar-refractivity contribution in [1.29, 1.82) is 0 Å². The highest BCUT2D eigenvalue weighted by atomic mass is 35.5. The molecule has 0 N–H and O–H groups in total. The number of hydrogen-bond acceptors (Lipinski definition) is 6. The Morgan fingerprint density at radius 1 is 1.28 bits per heavy atom. The Hall–Kier alpha value is -2.80. The minimum Gasteiger partial charge on any atom is -0.486 e. The number of fused-ring (bicyclic) bond motifs is 1. The first-order valence-electron chi connectivity index (χ1n) is 7.50. The molecule has 1 aliphatic heterocycles. The summed E-state index contributed by atoms with van der Waals surface area (Å²) in [4.78, 5) is 22.7. The zero-order chi connectivity index (χ0) is 18.0. The molecule has 2 aromatic rings. The number of benzene rings is 2. The van der Waals surface area contributed by atoms with Crippen molar-refractivity contribution in [3.8, 4) is 11.5 Å². The van der Waals surface area contributed by atoms with Gasteiger partial charge in [0.2, 0.25) is 0 Å². The van der Waals surface area contributed by atoms with Crippen LogP contribution in [0.25, 0.3) is 0 Å². The van der Waals surface area contributed by atoms with Gasteiger partial charge in [-0.1, -0.05) is 23.7 Å². The first-order chi connectivity index (χ1) is 12.0. The molecule has 0 saturated heterocycles. The van der Waals surface area contributed by atoms with Gasteiger partial charge < -0.3 is 14.2 Å². The Morgan fingerprint density at radius 3 is 2.80 bits per heavy atom. The van der Waals surface area contributed by atoms with Crippen molar-refractivity contribution >= 4 is 23.3 Å². The number of nitrogens with zero attached hydrogens (tertiary/aromatic N) is 1. The van der Waals surface area contributed by atoms with E-state index in [0.29, 0.717) is 30.3 Å². The predicted octanol–water partition coefficient (Wildman–Crippen LogP) is 3.94. The molecule has 0 unspecified atom stereocenters. The van der Waals surface area contributed by atoms with Crippen molar-refractivity contribution in [1.82, 2.24) is 0 Å². The highest BCUT2D eigenvalue weighted by Gasteiger charge is 2.22.